The van der Waals surface area contributed by atoms with Crippen LogP contribution in [0.25, 0.3) is 27.4 Å². The molecule has 7 rings (SSSR count). The Labute approximate surface area is 287 Å². The molecule has 2 aliphatic rings. The molecule has 5 aromatic rings. The summed E-state index contributed by atoms with van der Waals surface area (Å²) >= 11 is 0. The molecule has 0 aliphatic carbocycles. The molecule has 0 saturated carbocycles. The highest BCUT2D eigenvalue weighted by molar-refractivity contribution is 6.02. The fraction of sp³-hybridized carbons (Fsp3) is 0.350. The van der Waals surface area contributed by atoms with Crippen molar-refractivity contribution in [2.75, 3.05) is 38.5 Å². The van der Waals surface area contributed by atoms with Gasteiger partial charge in [-0.15, -0.1) is 0 Å². The molecule has 1 amide bonds. The number of nitrogens with one attached hydrogen (secondary N) is 3. The van der Waals surface area contributed by atoms with Crippen LogP contribution in [0, 0.1) is 5.82 Å². The van der Waals surface area contributed by atoms with Gasteiger partial charge in [0.2, 0.25) is 5.43 Å². The fourth-order valence-electron chi connectivity index (χ4n) is 6.57. The Bertz CT molecular complexity index is 1980. The number of carbonyl (C=O) groups excluding carboxylic acids is 1. The number of halogens is 1. The number of fused-ring (bicyclic) bond motifs is 3. The second-order valence-corrected chi connectivity index (χ2v) is 12.9. The third-order valence-corrected chi connectivity index (χ3v) is 9.24. The number of hydrogen-bond donors (Lipinski definition) is 3. The van der Waals surface area contributed by atoms with Gasteiger partial charge in [-0.2, -0.15) is 0 Å². The highest BCUT2D eigenvalue weighted by Gasteiger charge is 2.30. The summed E-state index contributed by atoms with van der Waals surface area (Å²) in [5.74, 6) is -0.254. The van der Waals surface area contributed by atoms with E-state index in [0.717, 1.165) is 56.2 Å². The highest BCUT2D eigenvalue weighted by Crippen LogP contribution is 2.46. The smallest absolute Gasteiger partial charge is 0.256 e. The number of ether oxygens (including phenoxy) is 1. The van der Waals surface area contributed by atoms with Gasteiger partial charge in [0.05, 0.1) is 11.1 Å². The first-order valence-electron chi connectivity index (χ1n) is 17.5. The standard InChI is InChI=1S/C35H33FN4O3.C5H13N/c1-2-14-37-35(42)27-21-40-29-17-23-10-6-7-11-24(23)18-30(29)43-34-31(28(36)19-26(32(34)40)33(27)41)38-25-12-15-39(16-13-25)20-22-8-4-3-5-9-22;1-3-4-5-6-2/h3-11,17-19,21,25,38H,2,12-16,20H2,1H3,(H,37,42);6H,3-5H2,1-2H3. The molecule has 9 heteroatoms. The SMILES string of the molecule is CCCCNC.CCCNC(=O)c1cn2c3c(c(NC4CCN(Cc5ccccc5)CC4)c(F)cc3c1=O)Oc1cc3ccccc3cc1-2. The minimum Gasteiger partial charge on any atom is -0.451 e. The van der Waals surface area contributed by atoms with Crippen molar-refractivity contribution in [2.24, 2.45) is 0 Å². The molecule has 0 unspecified atom stereocenters. The van der Waals surface area contributed by atoms with E-state index in [0.29, 0.717) is 23.5 Å². The van der Waals surface area contributed by atoms with Crippen LogP contribution in [0.5, 0.6) is 11.5 Å². The summed E-state index contributed by atoms with van der Waals surface area (Å²) in [7, 11) is 1.98. The lowest BCUT2D eigenvalue weighted by molar-refractivity contribution is 0.0952. The average molecular weight is 664 g/mol. The second kappa shape index (κ2) is 15.7. The lowest BCUT2D eigenvalue weighted by Crippen LogP contribution is -2.39. The van der Waals surface area contributed by atoms with Crippen LogP contribution in [-0.2, 0) is 6.54 Å². The first-order chi connectivity index (χ1) is 23.9. The third kappa shape index (κ3) is 7.48. The normalized spacial score (nSPS) is 14.1. The Kier molecular flexibility index (Phi) is 10.9. The number of amides is 1. The van der Waals surface area contributed by atoms with Crippen molar-refractivity contribution in [1.29, 1.82) is 0 Å². The van der Waals surface area contributed by atoms with Crippen molar-refractivity contribution < 1.29 is 13.9 Å². The summed E-state index contributed by atoms with van der Waals surface area (Å²) < 4.78 is 24.3. The third-order valence-electron chi connectivity index (χ3n) is 9.24. The van der Waals surface area contributed by atoms with Crippen molar-refractivity contribution >= 4 is 33.3 Å². The topological polar surface area (TPSA) is 87.6 Å². The van der Waals surface area contributed by atoms with E-state index in [4.69, 9.17) is 4.74 Å². The molecule has 1 aromatic heterocycles. The van der Waals surface area contributed by atoms with Gasteiger partial charge in [0, 0.05) is 38.4 Å². The van der Waals surface area contributed by atoms with E-state index in [1.54, 1.807) is 6.20 Å². The molecule has 4 aromatic carbocycles. The largest absolute Gasteiger partial charge is 0.451 e. The van der Waals surface area contributed by atoms with Gasteiger partial charge in [0.25, 0.3) is 5.91 Å². The molecule has 0 spiro atoms. The number of carbonyl (C=O) groups is 1. The number of likely N-dealkylation sites (tertiary alicyclic amines) is 1. The van der Waals surface area contributed by atoms with Gasteiger partial charge in [-0.3, -0.25) is 14.5 Å². The van der Waals surface area contributed by atoms with Gasteiger partial charge in [-0.25, -0.2) is 4.39 Å². The second-order valence-electron chi connectivity index (χ2n) is 12.9. The minimum atomic E-state index is -0.576. The van der Waals surface area contributed by atoms with Gasteiger partial charge < -0.3 is 25.3 Å². The molecule has 8 nitrogen and oxygen atoms in total. The van der Waals surface area contributed by atoms with Crippen LogP contribution >= 0.6 is 0 Å². The summed E-state index contributed by atoms with van der Waals surface area (Å²) in [6.07, 6.45) is 6.58. The number of anilines is 1. The Morgan fingerprint density at radius 3 is 2.33 bits per heavy atom. The van der Waals surface area contributed by atoms with E-state index in [1.165, 1.54) is 24.5 Å². The maximum atomic E-state index is 16.0. The van der Waals surface area contributed by atoms with Gasteiger partial charge in [-0.05, 0) is 73.8 Å². The highest BCUT2D eigenvalue weighted by atomic mass is 19.1. The number of rotatable bonds is 10. The lowest BCUT2D eigenvalue weighted by Gasteiger charge is -2.34. The molecule has 49 heavy (non-hydrogen) atoms. The Balaban J connectivity index is 0.000000639. The van der Waals surface area contributed by atoms with Crippen molar-refractivity contribution in [3.8, 4) is 17.2 Å². The lowest BCUT2D eigenvalue weighted by atomic mass is 10.0. The maximum Gasteiger partial charge on any atom is 0.256 e. The zero-order valence-electron chi connectivity index (χ0n) is 28.7. The molecule has 0 bridgehead atoms. The Morgan fingerprint density at radius 1 is 0.939 bits per heavy atom. The number of pyridine rings is 1. The quantitative estimate of drug-likeness (QED) is 0.131. The van der Waals surface area contributed by atoms with Crippen LogP contribution in [0.1, 0.15) is 61.9 Å². The van der Waals surface area contributed by atoms with E-state index in [2.05, 4.69) is 52.0 Å². The number of piperidine rings is 1. The Morgan fingerprint density at radius 2 is 1.65 bits per heavy atom. The molecular formula is C40H46FN5O3. The molecule has 256 valence electrons. The summed E-state index contributed by atoms with van der Waals surface area (Å²) in [5, 5.41) is 11.4. The van der Waals surface area contributed by atoms with E-state index in [-0.39, 0.29) is 28.4 Å². The number of hydrogen-bond acceptors (Lipinski definition) is 6. The van der Waals surface area contributed by atoms with E-state index in [1.807, 2.05) is 61.0 Å². The number of aromatic nitrogens is 1. The van der Waals surface area contributed by atoms with Crippen molar-refractivity contribution in [2.45, 2.75) is 58.5 Å². The monoisotopic (exact) mass is 663 g/mol. The van der Waals surface area contributed by atoms with Crippen LogP contribution in [0.15, 0.2) is 83.8 Å². The first kappa shape index (κ1) is 34.1. The minimum absolute atomic E-state index is 0.0289. The predicted octanol–water partition coefficient (Wildman–Crippen LogP) is 7.61. The number of unbranched alkanes of at least 4 members (excludes halogenated alkanes) is 1. The summed E-state index contributed by atoms with van der Waals surface area (Å²) in [6, 6.07) is 23.5. The first-order valence-corrected chi connectivity index (χ1v) is 17.5. The molecule has 0 radical (unpaired) electrons. The summed E-state index contributed by atoms with van der Waals surface area (Å²) in [6.45, 7) is 8.39. The molecule has 3 N–H and O–H groups in total. The zero-order chi connectivity index (χ0) is 34.3. The average Bonchev–Trinajstić information content (AvgIpc) is 3.12. The van der Waals surface area contributed by atoms with E-state index >= 15 is 4.39 Å². The fourth-order valence-corrected chi connectivity index (χ4v) is 6.57. The van der Waals surface area contributed by atoms with Gasteiger partial charge in [-0.1, -0.05) is 74.9 Å². The number of nitrogens with zero attached hydrogens (tertiary/aromatic N) is 2. The van der Waals surface area contributed by atoms with Crippen LogP contribution in [0.4, 0.5) is 10.1 Å². The van der Waals surface area contributed by atoms with Crippen molar-refractivity contribution in [3.63, 3.8) is 0 Å². The van der Waals surface area contributed by atoms with Gasteiger partial charge >= 0.3 is 0 Å². The van der Waals surface area contributed by atoms with Gasteiger partial charge in [0.15, 0.2) is 17.3 Å². The van der Waals surface area contributed by atoms with E-state index < -0.39 is 17.2 Å². The predicted molar refractivity (Wildman–Crippen MR) is 197 cm³/mol. The van der Waals surface area contributed by atoms with Crippen LogP contribution in [-0.4, -0.2) is 54.6 Å². The van der Waals surface area contributed by atoms with Crippen molar-refractivity contribution in [1.82, 2.24) is 20.1 Å². The molecular weight excluding hydrogens is 617 g/mol. The molecule has 0 atom stereocenters. The van der Waals surface area contributed by atoms with Crippen LogP contribution in [0.2, 0.25) is 0 Å². The summed E-state index contributed by atoms with van der Waals surface area (Å²) in [5.41, 5.74) is 2.11. The van der Waals surface area contributed by atoms with Gasteiger partial charge in [0.1, 0.15) is 16.8 Å². The van der Waals surface area contributed by atoms with Crippen LogP contribution < -0.4 is 26.1 Å². The molecule has 3 heterocycles. The number of benzene rings is 4. The maximum absolute atomic E-state index is 16.0. The molecule has 1 fully saturated rings. The molecule has 2 aliphatic heterocycles. The Hall–Kier alpha value is -4.73. The molecule has 1 saturated heterocycles. The summed E-state index contributed by atoms with van der Waals surface area (Å²) in [4.78, 5) is 29.1. The zero-order valence-corrected chi connectivity index (χ0v) is 28.7. The van der Waals surface area contributed by atoms with Crippen LogP contribution in [0.3, 0.4) is 0 Å². The van der Waals surface area contributed by atoms with E-state index in [9.17, 15) is 9.59 Å². The van der Waals surface area contributed by atoms with Crippen molar-refractivity contribution in [3.05, 3.63) is 106 Å².